The number of rotatable bonds is 2. The molecule has 0 heterocycles. The first-order chi connectivity index (χ1) is 7.79. The first kappa shape index (κ1) is 10.3. The summed E-state index contributed by atoms with van der Waals surface area (Å²) < 4.78 is 0. The van der Waals surface area contributed by atoms with Crippen LogP contribution in [0.2, 0.25) is 0 Å². The Hall–Kier alpha value is -2.26. The van der Waals surface area contributed by atoms with Gasteiger partial charge in [-0.2, -0.15) is 5.26 Å². The molecule has 0 bridgehead atoms. The Bertz CT molecular complexity index is 495. The lowest BCUT2D eigenvalue weighted by Crippen LogP contribution is -2.25. The van der Waals surface area contributed by atoms with Gasteiger partial charge in [-0.05, 0) is 37.1 Å². The van der Waals surface area contributed by atoms with Gasteiger partial charge >= 0.3 is 0 Å². The second-order valence-electron chi connectivity index (χ2n) is 3.69. The number of benzene rings is 1. The van der Waals surface area contributed by atoms with E-state index in [4.69, 9.17) is 5.26 Å². The lowest BCUT2D eigenvalue weighted by Gasteiger charge is -2.02. The van der Waals surface area contributed by atoms with Gasteiger partial charge in [0.15, 0.2) is 6.07 Å². The molecule has 16 heavy (non-hydrogen) atoms. The van der Waals surface area contributed by atoms with Gasteiger partial charge in [0.05, 0.1) is 0 Å². The van der Waals surface area contributed by atoms with E-state index in [1.54, 1.807) is 30.3 Å². The van der Waals surface area contributed by atoms with Crippen LogP contribution in [-0.4, -0.2) is 11.9 Å². The third-order valence-corrected chi connectivity index (χ3v) is 2.32. The maximum absolute atomic E-state index is 11.6. The molecule has 1 fully saturated rings. The summed E-state index contributed by atoms with van der Waals surface area (Å²) in [5.74, 6) is 4.94. The SMILES string of the molecule is N#CC#Cc1ccc(C(=O)NC2CC2)cc1. The Morgan fingerprint density at radius 3 is 2.56 bits per heavy atom. The highest BCUT2D eigenvalue weighted by atomic mass is 16.1. The van der Waals surface area contributed by atoms with Crippen molar-refractivity contribution in [3.63, 3.8) is 0 Å². The molecular weight excluding hydrogens is 200 g/mol. The third kappa shape index (κ3) is 2.62. The van der Waals surface area contributed by atoms with E-state index in [9.17, 15) is 4.79 Å². The minimum absolute atomic E-state index is 0.0395. The summed E-state index contributed by atoms with van der Waals surface area (Å²) in [6, 6.07) is 9.04. The topological polar surface area (TPSA) is 52.9 Å². The monoisotopic (exact) mass is 210 g/mol. The van der Waals surface area contributed by atoms with Crippen LogP contribution < -0.4 is 5.32 Å². The molecule has 0 aliphatic heterocycles. The molecule has 1 saturated carbocycles. The van der Waals surface area contributed by atoms with E-state index in [-0.39, 0.29) is 5.91 Å². The maximum atomic E-state index is 11.6. The summed E-state index contributed by atoms with van der Waals surface area (Å²) in [4.78, 5) is 11.6. The number of nitrogens with zero attached hydrogens (tertiary/aromatic N) is 1. The Balaban J connectivity index is 2.06. The fraction of sp³-hybridized carbons (Fsp3) is 0.231. The van der Waals surface area contributed by atoms with Gasteiger partial charge in [-0.1, -0.05) is 5.92 Å². The smallest absolute Gasteiger partial charge is 0.251 e. The van der Waals surface area contributed by atoms with Gasteiger partial charge < -0.3 is 5.32 Å². The zero-order valence-electron chi connectivity index (χ0n) is 8.66. The summed E-state index contributed by atoms with van der Waals surface area (Å²) in [6.07, 6.45) is 2.16. The minimum atomic E-state index is -0.0395. The lowest BCUT2D eigenvalue weighted by atomic mass is 10.1. The molecular formula is C13H10N2O. The van der Waals surface area contributed by atoms with E-state index < -0.39 is 0 Å². The summed E-state index contributed by atoms with van der Waals surface area (Å²) in [5, 5.41) is 11.2. The summed E-state index contributed by atoms with van der Waals surface area (Å²) in [5.41, 5.74) is 1.37. The van der Waals surface area contributed by atoms with Crippen molar-refractivity contribution in [1.29, 1.82) is 5.26 Å². The van der Waals surface area contributed by atoms with Crippen LogP contribution in [0.25, 0.3) is 0 Å². The van der Waals surface area contributed by atoms with Crippen LogP contribution in [0.1, 0.15) is 28.8 Å². The number of hydrogen-bond donors (Lipinski definition) is 1. The Morgan fingerprint density at radius 2 is 2.00 bits per heavy atom. The molecule has 0 radical (unpaired) electrons. The molecule has 1 aliphatic carbocycles. The molecule has 1 aromatic rings. The molecule has 1 aromatic carbocycles. The standard InChI is InChI=1S/C13H10N2O/c14-9-1-2-10-3-5-11(6-4-10)13(16)15-12-7-8-12/h3-6,12H,7-8H2,(H,15,16). The number of carbonyl (C=O) groups is 1. The van der Waals surface area contributed by atoms with Crippen molar-refractivity contribution < 1.29 is 4.79 Å². The minimum Gasteiger partial charge on any atom is -0.349 e. The highest BCUT2D eigenvalue weighted by Crippen LogP contribution is 2.19. The number of hydrogen-bond acceptors (Lipinski definition) is 2. The normalized spacial score (nSPS) is 13.2. The fourth-order valence-electron chi connectivity index (χ4n) is 1.30. The van der Waals surface area contributed by atoms with E-state index >= 15 is 0 Å². The Morgan fingerprint density at radius 1 is 1.31 bits per heavy atom. The van der Waals surface area contributed by atoms with E-state index in [1.165, 1.54) is 0 Å². The van der Waals surface area contributed by atoms with E-state index in [1.807, 2.05) is 0 Å². The van der Waals surface area contributed by atoms with Gasteiger partial charge in [0.1, 0.15) is 0 Å². The number of carbonyl (C=O) groups excluding carboxylic acids is 1. The first-order valence-corrected chi connectivity index (χ1v) is 5.10. The molecule has 2 rings (SSSR count). The Labute approximate surface area is 94.1 Å². The van der Waals surface area contributed by atoms with Crippen LogP contribution in [-0.2, 0) is 0 Å². The molecule has 0 aromatic heterocycles. The fourth-order valence-corrected chi connectivity index (χ4v) is 1.30. The average molecular weight is 210 g/mol. The summed E-state index contributed by atoms with van der Waals surface area (Å²) in [7, 11) is 0. The van der Waals surface area contributed by atoms with Crippen molar-refractivity contribution in [2.24, 2.45) is 0 Å². The molecule has 0 spiro atoms. The molecule has 3 nitrogen and oxygen atoms in total. The zero-order chi connectivity index (χ0) is 11.4. The molecule has 0 unspecified atom stereocenters. The van der Waals surface area contributed by atoms with Gasteiger partial charge in [-0.15, -0.1) is 0 Å². The predicted octanol–water partition coefficient (Wildman–Crippen LogP) is 1.45. The van der Waals surface area contributed by atoms with Crippen molar-refractivity contribution in [3.8, 4) is 17.9 Å². The van der Waals surface area contributed by atoms with Gasteiger partial charge in [-0.3, -0.25) is 4.79 Å². The molecule has 1 aliphatic rings. The van der Waals surface area contributed by atoms with Crippen LogP contribution in [0.3, 0.4) is 0 Å². The second kappa shape index (κ2) is 4.51. The van der Waals surface area contributed by atoms with Gasteiger partial charge in [-0.25, -0.2) is 0 Å². The number of nitrogens with one attached hydrogen (secondary N) is 1. The van der Waals surface area contributed by atoms with Crippen LogP contribution in [0, 0.1) is 23.2 Å². The maximum Gasteiger partial charge on any atom is 0.251 e. The summed E-state index contributed by atoms with van der Waals surface area (Å²) >= 11 is 0. The van der Waals surface area contributed by atoms with Crippen molar-refractivity contribution in [2.75, 3.05) is 0 Å². The molecule has 1 N–H and O–H groups in total. The largest absolute Gasteiger partial charge is 0.349 e. The van der Waals surface area contributed by atoms with Crippen LogP contribution in [0.5, 0.6) is 0 Å². The van der Waals surface area contributed by atoms with Crippen molar-refractivity contribution >= 4 is 5.91 Å². The molecule has 3 heteroatoms. The summed E-state index contributed by atoms with van der Waals surface area (Å²) in [6.45, 7) is 0. The third-order valence-electron chi connectivity index (χ3n) is 2.32. The number of amides is 1. The zero-order valence-corrected chi connectivity index (χ0v) is 8.66. The van der Waals surface area contributed by atoms with Crippen molar-refractivity contribution in [3.05, 3.63) is 35.4 Å². The van der Waals surface area contributed by atoms with Crippen LogP contribution in [0.4, 0.5) is 0 Å². The number of nitriles is 1. The lowest BCUT2D eigenvalue weighted by molar-refractivity contribution is 0.0951. The molecule has 0 atom stereocenters. The van der Waals surface area contributed by atoms with Crippen LogP contribution in [0.15, 0.2) is 24.3 Å². The predicted molar refractivity (Wildman–Crippen MR) is 59.4 cm³/mol. The van der Waals surface area contributed by atoms with Crippen LogP contribution >= 0.6 is 0 Å². The molecule has 1 amide bonds. The highest BCUT2D eigenvalue weighted by Gasteiger charge is 2.23. The van der Waals surface area contributed by atoms with Crippen molar-refractivity contribution in [2.45, 2.75) is 18.9 Å². The van der Waals surface area contributed by atoms with Gasteiger partial charge in [0.25, 0.3) is 5.91 Å². The van der Waals surface area contributed by atoms with E-state index in [2.05, 4.69) is 17.2 Å². The quantitative estimate of drug-likeness (QED) is 0.751. The van der Waals surface area contributed by atoms with Gasteiger partial charge in [0, 0.05) is 23.1 Å². The van der Waals surface area contributed by atoms with E-state index in [0.717, 1.165) is 18.4 Å². The molecule has 0 saturated heterocycles. The van der Waals surface area contributed by atoms with Crippen molar-refractivity contribution in [1.82, 2.24) is 5.32 Å². The van der Waals surface area contributed by atoms with E-state index in [0.29, 0.717) is 11.6 Å². The van der Waals surface area contributed by atoms with Gasteiger partial charge in [0.2, 0.25) is 0 Å². The molecule has 78 valence electrons. The Kier molecular flexibility index (Phi) is 2.89. The highest BCUT2D eigenvalue weighted by molar-refractivity contribution is 5.94. The second-order valence-corrected chi connectivity index (χ2v) is 3.69. The average Bonchev–Trinajstić information content (AvgIpc) is 3.11. The first-order valence-electron chi connectivity index (χ1n) is 5.10.